The van der Waals surface area contributed by atoms with Crippen molar-refractivity contribution in [1.29, 1.82) is 0 Å². The van der Waals surface area contributed by atoms with Crippen LogP contribution in [0.1, 0.15) is 105 Å². The van der Waals surface area contributed by atoms with Gasteiger partial charge in [-0.3, -0.25) is 4.79 Å². The second kappa shape index (κ2) is 11.3. The van der Waals surface area contributed by atoms with Crippen LogP contribution >= 0.6 is 0 Å². The molecule has 0 unspecified atom stereocenters. The summed E-state index contributed by atoms with van der Waals surface area (Å²) in [7, 11) is 1.83. The van der Waals surface area contributed by atoms with Gasteiger partial charge in [0, 0.05) is 13.6 Å². The molecule has 36 heavy (non-hydrogen) atoms. The van der Waals surface area contributed by atoms with E-state index in [0.717, 1.165) is 48.3 Å². The van der Waals surface area contributed by atoms with E-state index >= 15 is 0 Å². The predicted octanol–water partition coefficient (Wildman–Crippen LogP) is 8.06. The van der Waals surface area contributed by atoms with E-state index in [0.29, 0.717) is 30.1 Å². The minimum Gasteiger partial charge on any atom is -0.376 e. The molecule has 3 saturated carbocycles. The highest BCUT2D eigenvalue weighted by molar-refractivity contribution is 5.86. The third-order valence-electron chi connectivity index (χ3n) is 11.6. The van der Waals surface area contributed by atoms with Gasteiger partial charge in [0.2, 0.25) is 5.91 Å². The lowest BCUT2D eigenvalue weighted by molar-refractivity contribution is -0.125. The smallest absolute Gasteiger partial charge is 0.245 e. The summed E-state index contributed by atoms with van der Waals surface area (Å²) in [6.07, 6.45) is 19.2. The van der Waals surface area contributed by atoms with Crippen LogP contribution < -0.4 is 0 Å². The molecule has 0 saturated heterocycles. The fourth-order valence-electron chi connectivity index (χ4n) is 9.42. The SMILES string of the molecule is C=CC(=O)N(C)CCO[C@H]1CC[C@@]2(C)C(=CC[C@H]3[C@@H]4CC[C@H]([C@H](C)CCCC(C)C)[C@@]4(C)CC[C@@H]32)C1. The fourth-order valence-corrected chi connectivity index (χ4v) is 9.42. The van der Waals surface area contributed by atoms with E-state index in [4.69, 9.17) is 4.74 Å². The van der Waals surface area contributed by atoms with E-state index in [1.807, 2.05) is 7.05 Å². The van der Waals surface area contributed by atoms with Crippen LogP contribution in [0.25, 0.3) is 0 Å². The van der Waals surface area contributed by atoms with Crippen LogP contribution in [0.2, 0.25) is 0 Å². The number of carbonyl (C=O) groups is 1. The topological polar surface area (TPSA) is 29.5 Å². The zero-order valence-electron chi connectivity index (χ0n) is 24.4. The molecule has 3 fully saturated rings. The van der Waals surface area contributed by atoms with Gasteiger partial charge in [0.15, 0.2) is 0 Å². The molecule has 0 aromatic heterocycles. The van der Waals surface area contributed by atoms with Gasteiger partial charge in [0.25, 0.3) is 0 Å². The van der Waals surface area contributed by atoms with E-state index in [9.17, 15) is 4.79 Å². The molecule has 204 valence electrons. The van der Waals surface area contributed by atoms with Crippen LogP contribution in [0, 0.1) is 46.3 Å². The van der Waals surface area contributed by atoms with Crippen molar-refractivity contribution in [1.82, 2.24) is 4.90 Å². The molecule has 4 aliphatic rings. The van der Waals surface area contributed by atoms with Crippen molar-refractivity contribution in [2.75, 3.05) is 20.2 Å². The summed E-state index contributed by atoms with van der Waals surface area (Å²) >= 11 is 0. The molecular weight excluding hydrogens is 442 g/mol. The Bertz CT molecular complexity index is 817. The highest BCUT2D eigenvalue weighted by Crippen LogP contribution is 2.67. The van der Waals surface area contributed by atoms with Crippen LogP contribution in [0.3, 0.4) is 0 Å². The first kappa shape index (κ1) is 27.9. The highest BCUT2D eigenvalue weighted by atomic mass is 16.5. The Morgan fingerprint density at radius 1 is 1.14 bits per heavy atom. The molecule has 0 aromatic rings. The molecule has 0 aromatic carbocycles. The quantitative estimate of drug-likeness (QED) is 0.226. The highest BCUT2D eigenvalue weighted by Gasteiger charge is 2.59. The molecule has 4 aliphatic carbocycles. The van der Waals surface area contributed by atoms with Crippen LogP contribution in [0.15, 0.2) is 24.3 Å². The molecule has 0 aliphatic heterocycles. The maximum Gasteiger partial charge on any atom is 0.245 e. The number of rotatable bonds is 10. The van der Waals surface area contributed by atoms with Crippen molar-refractivity contribution in [3.05, 3.63) is 24.3 Å². The Morgan fingerprint density at radius 3 is 2.64 bits per heavy atom. The van der Waals surface area contributed by atoms with Crippen LogP contribution in [-0.4, -0.2) is 37.1 Å². The summed E-state index contributed by atoms with van der Waals surface area (Å²) in [5.41, 5.74) is 2.63. The molecule has 3 nitrogen and oxygen atoms in total. The van der Waals surface area contributed by atoms with Gasteiger partial charge in [0.05, 0.1) is 12.7 Å². The third kappa shape index (κ3) is 5.38. The van der Waals surface area contributed by atoms with E-state index in [-0.39, 0.29) is 5.91 Å². The van der Waals surface area contributed by atoms with Crippen molar-refractivity contribution in [3.8, 4) is 0 Å². The Morgan fingerprint density at radius 2 is 1.92 bits per heavy atom. The lowest BCUT2D eigenvalue weighted by Crippen LogP contribution is -2.51. The van der Waals surface area contributed by atoms with Crippen LogP contribution in [-0.2, 0) is 9.53 Å². The summed E-state index contributed by atoms with van der Waals surface area (Å²) < 4.78 is 6.28. The van der Waals surface area contributed by atoms with E-state index in [2.05, 4.69) is 47.3 Å². The summed E-state index contributed by atoms with van der Waals surface area (Å²) in [6.45, 7) is 17.5. The van der Waals surface area contributed by atoms with Crippen LogP contribution in [0.4, 0.5) is 0 Å². The van der Waals surface area contributed by atoms with Crippen molar-refractivity contribution in [2.24, 2.45) is 46.3 Å². The fraction of sp³-hybridized carbons (Fsp3) is 0.848. The Hall–Kier alpha value is -1.09. The Kier molecular flexibility index (Phi) is 8.80. The van der Waals surface area contributed by atoms with Gasteiger partial charge in [-0.2, -0.15) is 0 Å². The number of hydrogen-bond donors (Lipinski definition) is 0. The first-order chi connectivity index (χ1) is 17.1. The third-order valence-corrected chi connectivity index (χ3v) is 11.6. The van der Waals surface area contributed by atoms with E-state index in [1.54, 1.807) is 10.5 Å². The summed E-state index contributed by atoms with van der Waals surface area (Å²) in [6, 6.07) is 0. The van der Waals surface area contributed by atoms with Gasteiger partial charge in [-0.15, -0.1) is 0 Å². The monoisotopic (exact) mass is 497 g/mol. The van der Waals surface area contributed by atoms with Crippen molar-refractivity contribution >= 4 is 5.91 Å². The zero-order valence-corrected chi connectivity index (χ0v) is 24.4. The van der Waals surface area contributed by atoms with Crippen LogP contribution in [0.5, 0.6) is 0 Å². The minimum absolute atomic E-state index is 0.0285. The average Bonchev–Trinajstić information content (AvgIpc) is 3.20. The molecule has 4 rings (SSSR count). The first-order valence-corrected chi connectivity index (χ1v) is 15.3. The predicted molar refractivity (Wildman–Crippen MR) is 151 cm³/mol. The average molecular weight is 498 g/mol. The molecule has 8 atom stereocenters. The standard InChI is InChI=1S/C33H55NO2/c1-8-31(35)34(7)20-21-36-26-16-18-32(5)25(22-26)12-13-27-29-15-14-28(24(4)11-9-10-23(2)3)33(29,6)19-17-30(27)32/h8,12,23-24,26-30H,1,9-11,13-22H2,2-7H3/t24-,26+,27+,28-,29+,30+,32+,33-/m1/s1. The Labute approximate surface area is 222 Å². The van der Waals surface area contributed by atoms with Gasteiger partial charge >= 0.3 is 0 Å². The molecular formula is C33H55NO2. The maximum atomic E-state index is 11.7. The molecule has 0 spiro atoms. The normalized spacial score (nSPS) is 38.5. The maximum absolute atomic E-state index is 11.7. The molecule has 0 radical (unpaired) electrons. The zero-order chi connectivity index (χ0) is 26.1. The molecule has 0 heterocycles. The Balaban J connectivity index is 1.37. The van der Waals surface area contributed by atoms with Gasteiger partial charge in [0.1, 0.15) is 0 Å². The summed E-state index contributed by atoms with van der Waals surface area (Å²) in [5, 5.41) is 0. The number of likely N-dealkylation sites (N-methyl/N-ethyl adjacent to an activating group) is 1. The van der Waals surface area contributed by atoms with Crippen molar-refractivity contribution < 1.29 is 9.53 Å². The van der Waals surface area contributed by atoms with Gasteiger partial charge in [-0.25, -0.2) is 0 Å². The van der Waals surface area contributed by atoms with Gasteiger partial charge in [-0.05, 0) is 104 Å². The molecule has 1 amide bonds. The second-order valence-electron chi connectivity index (χ2n) is 14.0. The number of nitrogens with zero attached hydrogens (tertiary/aromatic N) is 1. The van der Waals surface area contributed by atoms with E-state index < -0.39 is 0 Å². The largest absolute Gasteiger partial charge is 0.376 e. The number of ether oxygens (including phenoxy) is 1. The number of amides is 1. The number of fused-ring (bicyclic) bond motifs is 5. The number of allylic oxidation sites excluding steroid dienone is 1. The second-order valence-corrected chi connectivity index (χ2v) is 14.0. The number of hydrogen-bond acceptors (Lipinski definition) is 2. The number of carbonyl (C=O) groups excluding carboxylic acids is 1. The van der Waals surface area contributed by atoms with Crippen molar-refractivity contribution in [2.45, 2.75) is 111 Å². The molecule has 0 bridgehead atoms. The molecule has 0 N–H and O–H groups in total. The molecule has 3 heteroatoms. The van der Waals surface area contributed by atoms with Gasteiger partial charge in [-0.1, -0.05) is 72.1 Å². The lowest BCUT2D eigenvalue weighted by Gasteiger charge is -2.58. The minimum atomic E-state index is -0.0285. The van der Waals surface area contributed by atoms with Crippen molar-refractivity contribution in [3.63, 3.8) is 0 Å². The van der Waals surface area contributed by atoms with E-state index in [1.165, 1.54) is 63.9 Å². The summed E-state index contributed by atoms with van der Waals surface area (Å²) in [4.78, 5) is 13.4. The summed E-state index contributed by atoms with van der Waals surface area (Å²) in [5.74, 6) is 5.31. The van der Waals surface area contributed by atoms with Gasteiger partial charge < -0.3 is 9.64 Å². The first-order valence-electron chi connectivity index (χ1n) is 15.3. The lowest BCUT2D eigenvalue weighted by atomic mass is 9.47.